The van der Waals surface area contributed by atoms with Crippen LogP contribution in [-0.2, 0) is 6.42 Å². The fourth-order valence-corrected chi connectivity index (χ4v) is 3.02. The van der Waals surface area contributed by atoms with Crippen molar-refractivity contribution in [2.45, 2.75) is 26.2 Å². The molecule has 0 atom stereocenters. The van der Waals surface area contributed by atoms with Gasteiger partial charge in [-0.1, -0.05) is 30.3 Å². The summed E-state index contributed by atoms with van der Waals surface area (Å²) in [6.07, 6.45) is 2.90. The van der Waals surface area contributed by atoms with Gasteiger partial charge in [-0.15, -0.1) is 0 Å². The Balaban J connectivity index is 2.17. The normalized spacial score (nSPS) is 11.2. The molecule has 114 valence electrons. The van der Waals surface area contributed by atoms with Gasteiger partial charge >= 0.3 is 0 Å². The second-order valence-corrected chi connectivity index (χ2v) is 5.70. The zero-order valence-corrected chi connectivity index (χ0v) is 12.8. The maximum Gasteiger partial charge on any atom is 0.132 e. The maximum absolute atomic E-state index is 14.2. The molecule has 3 rings (SSSR count). The molecule has 1 aromatic heterocycles. The number of benzene rings is 2. The number of nitrogens with one attached hydrogen (secondary N) is 1. The molecule has 0 unspecified atom stereocenters. The van der Waals surface area contributed by atoms with E-state index in [4.69, 9.17) is 5.73 Å². The first-order valence-corrected chi connectivity index (χ1v) is 7.77. The van der Waals surface area contributed by atoms with Crippen molar-refractivity contribution in [3.05, 3.63) is 59.4 Å². The van der Waals surface area contributed by atoms with Gasteiger partial charge in [0.1, 0.15) is 5.82 Å². The monoisotopic (exact) mass is 296 g/mol. The third-order valence-corrected chi connectivity index (χ3v) is 4.17. The number of rotatable bonds is 5. The minimum atomic E-state index is -0.188. The standard InChI is InChI=1S/C19H21FN2/c1-13-7-6-10-14-15(8-4-5-12-21)19(22-18(13)14)16-9-2-3-11-17(16)20/h2-3,6-7,9-11,22H,4-5,8,12,21H2,1H3. The summed E-state index contributed by atoms with van der Waals surface area (Å²) in [5, 5.41) is 1.19. The molecule has 22 heavy (non-hydrogen) atoms. The largest absolute Gasteiger partial charge is 0.354 e. The van der Waals surface area contributed by atoms with E-state index in [-0.39, 0.29) is 5.82 Å². The van der Waals surface area contributed by atoms with Crippen molar-refractivity contribution in [2.24, 2.45) is 5.73 Å². The van der Waals surface area contributed by atoms with Crippen molar-refractivity contribution in [1.29, 1.82) is 0 Å². The molecule has 0 aliphatic carbocycles. The minimum absolute atomic E-state index is 0.188. The molecule has 3 N–H and O–H groups in total. The average molecular weight is 296 g/mol. The highest BCUT2D eigenvalue weighted by Gasteiger charge is 2.16. The van der Waals surface area contributed by atoms with Gasteiger partial charge in [-0.3, -0.25) is 0 Å². The van der Waals surface area contributed by atoms with E-state index in [1.165, 1.54) is 22.6 Å². The highest BCUT2D eigenvalue weighted by Crippen LogP contribution is 2.34. The first kappa shape index (κ1) is 14.8. The molecule has 3 heteroatoms. The van der Waals surface area contributed by atoms with Crippen molar-refractivity contribution in [1.82, 2.24) is 4.98 Å². The van der Waals surface area contributed by atoms with Crippen LogP contribution in [0, 0.1) is 12.7 Å². The van der Waals surface area contributed by atoms with E-state index in [0.29, 0.717) is 12.1 Å². The zero-order chi connectivity index (χ0) is 15.5. The predicted octanol–water partition coefficient (Wildman–Crippen LogP) is 4.56. The molecule has 1 heterocycles. The third-order valence-electron chi connectivity index (χ3n) is 4.17. The van der Waals surface area contributed by atoms with Crippen LogP contribution in [0.3, 0.4) is 0 Å². The number of aromatic nitrogens is 1. The number of aryl methyl sites for hydroxylation is 2. The summed E-state index contributed by atoms with van der Waals surface area (Å²) < 4.78 is 14.2. The lowest BCUT2D eigenvalue weighted by Crippen LogP contribution is -1.99. The quantitative estimate of drug-likeness (QED) is 0.666. The van der Waals surface area contributed by atoms with E-state index in [2.05, 4.69) is 30.1 Å². The number of hydrogen-bond donors (Lipinski definition) is 2. The van der Waals surface area contributed by atoms with Crippen molar-refractivity contribution >= 4 is 10.9 Å². The molecular formula is C19H21FN2. The van der Waals surface area contributed by atoms with E-state index in [1.54, 1.807) is 6.07 Å². The van der Waals surface area contributed by atoms with E-state index < -0.39 is 0 Å². The van der Waals surface area contributed by atoms with E-state index >= 15 is 0 Å². The molecule has 0 aliphatic rings. The molecule has 0 amide bonds. The second kappa shape index (κ2) is 6.32. The molecule has 0 saturated carbocycles. The fraction of sp³-hybridized carbons (Fsp3) is 0.263. The van der Waals surface area contributed by atoms with Crippen LogP contribution in [0.15, 0.2) is 42.5 Å². The Hall–Kier alpha value is -2.13. The van der Waals surface area contributed by atoms with Crippen LogP contribution < -0.4 is 5.73 Å². The number of hydrogen-bond acceptors (Lipinski definition) is 1. The van der Waals surface area contributed by atoms with Gasteiger partial charge in [0.2, 0.25) is 0 Å². The van der Waals surface area contributed by atoms with Gasteiger partial charge in [0.05, 0.1) is 5.69 Å². The van der Waals surface area contributed by atoms with Crippen LogP contribution in [0.5, 0.6) is 0 Å². The van der Waals surface area contributed by atoms with E-state index in [1.807, 2.05) is 12.1 Å². The van der Waals surface area contributed by atoms with Crippen molar-refractivity contribution in [2.75, 3.05) is 6.54 Å². The lowest BCUT2D eigenvalue weighted by atomic mass is 9.99. The van der Waals surface area contributed by atoms with Gasteiger partial charge in [-0.25, -0.2) is 4.39 Å². The maximum atomic E-state index is 14.2. The Morgan fingerprint density at radius 3 is 2.64 bits per heavy atom. The molecule has 2 nitrogen and oxygen atoms in total. The lowest BCUT2D eigenvalue weighted by molar-refractivity contribution is 0.630. The molecule has 0 fully saturated rings. The molecule has 0 radical (unpaired) electrons. The Morgan fingerprint density at radius 1 is 1.05 bits per heavy atom. The topological polar surface area (TPSA) is 41.8 Å². The Morgan fingerprint density at radius 2 is 1.86 bits per heavy atom. The molecule has 0 saturated heterocycles. The second-order valence-electron chi connectivity index (χ2n) is 5.70. The molecule has 0 bridgehead atoms. The number of fused-ring (bicyclic) bond motifs is 1. The summed E-state index contributed by atoms with van der Waals surface area (Å²) in [6.45, 7) is 2.77. The van der Waals surface area contributed by atoms with E-state index in [0.717, 1.165) is 30.5 Å². The first-order chi connectivity index (χ1) is 10.7. The Kier molecular flexibility index (Phi) is 4.25. The Bertz CT molecular complexity index is 789. The average Bonchev–Trinajstić information content (AvgIpc) is 2.88. The van der Waals surface area contributed by atoms with Crippen LogP contribution in [-0.4, -0.2) is 11.5 Å². The Labute approximate surface area is 130 Å². The SMILES string of the molecule is Cc1cccc2c(CCCCN)c(-c3ccccc3F)[nH]c12. The molecule has 3 aromatic rings. The minimum Gasteiger partial charge on any atom is -0.354 e. The van der Waals surface area contributed by atoms with Gasteiger partial charge in [0, 0.05) is 16.5 Å². The molecule has 2 aromatic carbocycles. The van der Waals surface area contributed by atoms with Crippen LogP contribution in [0.1, 0.15) is 24.0 Å². The summed E-state index contributed by atoms with van der Waals surface area (Å²) in [7, 11) is 0. The van der Waals surface area contributed by atoms with Crippen molar-refractivity contribution in [3.63, 3.8) is 0 Å². The van der Waals surface area contributed by atoms with Gasteiger partial charge in [-0.2, -0.15) is 0 Å². The number of H-pyrrole nitrogens is 1. The fourth-order valence-electron chi connectivity index (χ4n) is 3.02. The highest BCUT2D eigenvalue weighted by molar-refractivity contribution is 5.92. The summed E-state index contributed by atoms with van der Waals surface area (Å²) in [6, 6.07) is 13.2. The first-order valence-electron chi connectivity index (χ1n) is 7.77. The summed E-state index contributed by atoms with van der Waals surface area (Å²) >= 11 is 0. The smallest absolute Gasteiger partial charge is 0.132 e. The number of para-hydroxylation sites is 1. The summed E-state index contributed by atoms with van der Waals surface area (Å²) in [5.41, 5.74) is 10.6. The molecule has 0 aliphatic heterocycles. The third kappa shape index (κ3) is 2.64. The summed E-state index contributed by atoms with van der Waals surface area (Å²) in [5.74, 6) is -0.188. The van der Waals surface area contributed by atoms with Crippen LogP contribution >= 0.6 is 0 Å². The number of aromatic amines is 1. The van der Waals surface area contributed by atoms with Crippen LogP contribution in [0.2, 0.25) is 0 Å². The zero-order valence-electron chi connectivity index (χ0n) is 12.8. The van der Waals surface area contributed by atoms with Crippen molar-refractivity contribution < 1.29 is 4.39 Å². The van der Waals surface area contributed by atoms with Gasteiger partial charge in [0.15, 0.2) is 0 Å². The number of halogens is 1. The van der Waals surface area contributed by atoms with Crippen molar-refractivity contribution in [3.8, 4) is 11.3 Å². The van der Waals surface area contributed by atoms with Gasteiger partial charge < -0.3 is 10.7 Å². The molecule has 0 spiro atoms. The number of unbranched alkanes of at least 4 members (excludes halogenated alkanes) is 1. The molecular weight excluding hydrogens is 275 g/mol. The van der Waals surface area contributed by atoms with Crippen LogP contribution in [0.4, 0.5) is 4.39 Å². The van der Waals surface area contributed by atoms with Gasteiger partial charge in [-0.05, 0) is 56.0 Å². The highest BCUT2D eigenvalue weighted by atomic mass is 19.1. The predicted molar refractivity (Wildman–Crippen MR) is 90.4 cm³/mol. The number of nitrogens with two attached hydrogens (primary N) is 1. The van der Waals surface area contributed by atoms with E-state index in [9.17, 15) is 4.39 Å². The van der Waals surface area contributed by atoms with Crippen LogP contribution in [0.25, 0.3) is 22.2 Å². The lowest BCUT2D eigenvalue weighted by Gasteiger charge is -2.06. The summed E-state index contributed by atoms with van der Waals surface area (Å²) in [4.78, 5) is 3.45. The van der Waals surface area contributed by atoms with Gasteiger partial charge in [0.25, 0.3) is 0 Å².